The fourth-order valence-corrected chi connectivity index (χ4v) is 1.71. The molecule has 0 fully saturated rings. The molecule has 2 heterocycles. The van der Waals surface area contributed by atoms with E-state index in [1.54, 1.807) is 6.20 Å². The Labute approximate surface area is 88.9 Å². The van der Waals surface area contributed by atoms with E-state index in [9.17, 15) is 4.79 Å². The normalized spacial score (nSPS) is 20.4. The third kappa shape index (κ3) is 1.99. The van der Waals surface area contributed by atoms with Gasteiger partial charge in [0.1, 0.15) is 5.82 Å². The lowest BCUT2D eigenvalue weighted by Gasteiger charge is -2.07. The number of hydrogen-bond acceptors (Lipinski definition) is 3. The molecule has 1 aliphatic rings. The first-order valence-corrected chi connectivity index (χ1v) is 5.25. The van der Waals surface area contributed by atoms with E-state index < -0.39 is 6.04 Å². The van der Waals surface area contributed by atoms with Gasteiger partial charge in [-0.1, -0.05) is 13.0 Å². The lowest BCUT2D eigenvalue weighted by molar-refractivity contribution is -0.117. The van der Waals surface area contributed by atoms with E-state index in [0.717, 1.165) is 18.4 Å². The van der Waals surface area contributed by atoms with Gasteiger partial charge in [-0.05, 0) is 30.4 Å². The van der Waals surface area contributed by atoms with E-state index in [4.69, 9.17) is 5.73 Å². The number of carbonyl (C=O) groups is 1. The van der Waals surface area contributed by atoms with E-state index in [0.29, 0.717) is 12.2 Å². The summed E-state index contributed by atoms with van der Waals surface area (Å²) < 4.78 is 0. The molecule has 0 radical (unpaired) electrons. The number of aromatic nitrogens is 1. The molecule has 1 aromatic rings. The van der Waals surface area contributed by atoms with Crippen molar-refractivity contribution in [2.45, 2.75) is 32.2 Å². The fourth-order valence-electron chi connectivity index (χ4n) is 1.71. The zero-order valence-electron chi connectivity index (χ0n) is 8.79. The first-order chi connectivity index (χ1) is 7.20. The maximum Gasteiger partial charge on any atom is 0.242 e. The average Bonchev–Trinajstić information content (AvgIpc) is 2.39. The fraction of sp³-hybridized carbons (Fsp3) is 0.455. The molecule has 2 rings (SSSR count). The van der Waals surface area contributed by atoms with Gasteiger partial charge in [0.2, 0.25) is 5.91 Å². The highest BCUT2D eigenvalue weighted by atomic mass is 16.2. The molecule has 1 aromatic heterocycles. The van der Waals surface area contributed by atoms with Gasteiger partial charge < -0.3 is 11.1 Å². The first kappa shape index (κ1) is 10.1. The van der Waals surface area contributed by atoms with Gasteiger partial charge in [0.15, 0.2) is 0 Å². The van der Waals surface area contributed by atoms with E-state index in [2.05, 4.69) is 23.3 Å². The maximum atomic E-state index is 11.5. The lowest BCUT2D eigenvalue weighted by Crippen LogP contribution is -2.34. The molecule has 0 saturated carbocycles. The van der Waals surface area contributed by atoms with Gasteiger partial charge in [-0.25, -0.2) is 4.98 Å². The zero-order chi connectivity index (χ0) is 10.8. The Morgan fingerprint density at radius 1 is 1.67 bits per heavy atom. The summed E-state index contributed by atoms with van der Waals surface area (Å²) in [6.07, 6.45) is 4.26. The lowest BCUT2D eigenvalue weighted by atomic mass is 10.1. The van der Waals surface area contributed by atoms with Gasteiger partial charge in [0.25, 0.3) is 0 Å². The first-order valence-electron chi connectivity index (χ1n) is 5.25. The summed E-state index contributed by atoms with van der Waals surface area (Å²) >= 11 is 0. The van der Waals surface area contributed by atoms with Crippen LogP contribution in [0, 0.1) is 0 Å². The second-order valence-electron chi connectivity index (χ2n) is 3.84. The number of anilines is 1. The number of amides is 1. The SMILES string of the molecule is CCc1cnc2c(c1)CCC(N)C(=O)N2. The summed E-state index contributed by atoms with van der Waals surface area (Å²) in [6.45, 7) is 2.09. The Morgan fingerprint density at radius 3 is 3.20 bits per heavy atom. The van der Waals surface area contributed by atoms with Crippen LogP contribution < -0.4 is 11.1 Å². The highest BCUT2D eigenvalue weighted by Crippen LogP contribution is 2.20. The van der Waals surface area contributed by atoms with Gasteiger partial charge in [0.05, 0.1) is 6.04 Å². The van der Waals surface area contributed by atoms with Crippen LogP contribution in [0.4, 0.5) is 5.82 Å². The minimum absolute atomic E-state index is 0.134. The minimum Gasteiger partial charge on any atom is -0.320 e. The summed E-state index contributed by atoms with van der Waals surface area (Å²) in [5, 5.41) is 2.75. The Morgan fingerprint density at radius 2 is 2.47 bits per heavy atom. The molecule has 3 N–H and O–H groups in total. The van der Waals surface area contributed by atoms with Crippen molar-refractivity contribution >= 4 is 11.7 Å². The molecule has 0 aromatic carbocycles. The Kier molecular flexibility index (Phi) is 2.68. The topological polar surface area (TPSA) is 68.0 Å². The molecule has 4 heteroatoms. The second-order valence-corrected chi connectivity index (χ2v) is 3.84. The molecule has 0 bridgehead atoms. The van der Waals surface area contributed by atoms with Crippen molar-refractivity contribution < 1.29 is 4.79 Å². The van der Waals surface area contributed by atoms with Crippen molar-refractivity contribution in [2.24, 2.45) is 5.73 Å². The average molecular weight is 205 g/mol. The molecule has 1 amide bonds. The van der Waals surface area contributed by atoms with Crippen molar-refractivity contribution in [2.75, 3.05) is 5.32 Å². The highest BCUT2D eigenvalue weighted by molar-refractivity contribution is 5.95. The highest BCUT2D eigenvalue weighted by Gasteiger charge is 2.20. The molecule has 1 aliphatic heterocycles. The van der Waals surface area contributed by atoms with Crippen LogP contribution in [0.3, 0.4) is 0 Å². The Bertz CT molecular complexity index is 389. The summed E-state index contributed by atoms with van der Waals surface area (Å²) in [5.41, 5.74) is 7.97. The van der Waals surface area contributed by atoms with E-state index in [-0.39, 0.29) is 5.91 Å². The summed E-state index contributed by atoms with van der Waals surface area (Å²) in [6, 6.07) is 1.69. The van der Waals surface area contributed by atoms with Gasteiger partial charge in [0, 0.05) is 6.20 Å². The quantitative estimate of drug-likeness (QED) is 0.714. The number of pyridine rings is 1. The minimum atomic E-state index is -0.413. The number of carbonyl (C=O) groups excluding carboxylic acids is 1. The van der Waals surface area contributed by atoms with Gasteiger partial charge in [-0.15, -0.1) is 0 Å². The Hall–Kier alpha value is -1.42. The van der Waals surface area contributed by atoms with Crippen LogP contribution in [0.15, 0.2) is 12.3 Å². The molecule has 0 saturated heterocycles. The Balaban J connectivity index is 2.34. The van der Waals surface area contributed by atoms with E-state index in [1.807, 2.05) is 0 Å². The molecule has 0 aliphatic carbocycles. The van der Waals surface area contributed by atoms with Crippen LogP contribution in [0.25, 0.3) is 0 Å². The molecule has 1 unspecified atom stereocenters. The number of nitrogens with two attached hydrogens (primary N) is 1. The number of rotatable bonds is 1. The largest absolute Gasteiger partial charge is 0.320 e. The molecule has 80 valence electrons. The summed E-state index contributed by atoms with van der Waals surface area (Å²) in [7, 11) is 0. The molecule has 4 nitrogen and oxygen atoms in total. The molecule has 1 atom stereocenters. The van der Waals surface area contributed by atoms with Gasteiger partial charge >= 0.3 is 0 Å². The summed E-state index contributed by atoms with van der Waals surface area (Å²) in [4.78, 5) is 15.7. The summed E-state index contributed by atoms with van der Waals surface area (Å²) in [5.74, 6) is 0.538. The zero-order valence-corrected chi connectivity index (χ0v) is 8.79. The molecular weight excluding hydrogens is 190 g/mol. The van der Waals surface area contributed by atoms with Gasteiger partial charge in [-0.2, -0.15) is 0 Å². The number of fused-ring (bicyclic) bond motifs is 1. The van der Waals surface area contributed by atoms with E-state index in [1.165, 1.54) is 5.56 Å². The van der Waals surface area contributed by atoms with Crippen LogP contribution in [0.1, 0.15) is 24.5 Å². The van der Waals surface area contributed by atoms with Crippen molar-refractivity contribution in [3.63, 3.8) is 0 Å². The predicted octanol–water partition coefficient (Wildman–Crippen LogP) is 0.856. The molecular formula is C11H15N3O. The molecule has 15 heavy (non-hydrogen) atoms. The van der Waals surface area contributed by atoms with Crippen molar-refractivity contribution in [1.82, 2.24) is 4.98 Å². The number of nitrogens with one attached hydrogen (secondary N) is 1. The van der Waals surface area contributed by atoms with Crippen LogP contribution in [0.2, 0.25) is 0 Å². The predicted molar refractivity (Wildman–Crippen MR) is 58.5 cm³/mol. The third-order valence-electron chi connectivity index (χ3n) is 2.73. The monoisotopic (exact) mass is 205 g/mol. The maximum absolute atomic E-state index is 11.5. The third-order valence-corrected chi connectivity index (χ3v) is 2.73. The van der Waals surface area contributed by atoms with Crippen molar-refractivity contribution in [3.05, 3.63) is 23.4 Å². The van der Waals surface area contributed by atoms with Crippen molar-refractivity contribution in [1.29, 1.82) is 0 Å². The van der Waals surface area contributed by atoms with Crippen LogP contribution >= 0.6 is 0 Å². The standard InChI is InChI=1S/C11H15N3O/c1-2-7-5-8-3-4-9(12)11(15)14-10(8)13-6-7/h5-6,9H,2-4,12H2,1H3,(H,13,14,15). The number of hydrogen-bond donors (Lipinski definition) is 2. The van der Waals surface area contributed by atoms with Crippen LogP contribution in [0.5, 0.6) is 0 Å². The van der Waals surface area contributed by atoms with Gasteiger partial charge in [-0.3, -0.25) is 4.79 Å². The van der Waals surface area contributed by atoms with E-state index >= 15 is 0 Å². The van der Waals surface area contributed by atoms with Crippen molar-refractivity contribution in [3.8, 4) is 0 Å². The smallest absolute Gasteiger partial charge is 0.242 e. The van der Waals surface area contributed by atoms with Crippen LogP contribution in [-0.4, -0.2) is 16.9 Å². The second kappa shape index (κ2) is 3.98. The van der Waals surface area contributed by atoms with Crippen LogP contribution in [-0.2, 0) is 17.6 Å². The number of aryl methyl sites for hydroxylation is 2. The number of nitrogens with zero attached hydrogens (tertiary/aromatic N) is 1. The molecule has 0 spiro atoms.